The highest BCUT2D eigenvalue weighted by molar-refractivity contribution is 6.76. The number of halogens is 1. The lowest BCUT2D eigenvalue weighted by atomic mass is 9.47. The number of nitrogens with one attached hydrogen (secondary N) is 1. The molecule has 4 aliphatic carbocycles. The predicted molar refractivity (Wildman–Crippen MR) is 90.4 cm³/mol. The molecule has 0 aromatic carbocycles. The molecule has 2 N–H and O–H groups in total. The smallest absolute Gasteiger partial charge is 0.408 e. The minimum absolute atomic E-state index is 0.238. The molecule has 5 nitrogen and oxygen atoms in total. The topological polar surface area (TPSA) is 75.6 Å². The van der Waals surface area contributed by atoms with Crippen molar-refractivity contribution >= 4 is 20.1 Å². The first kappa shape index (κ1) is 17.7. The summed E-state index contributed by atoms with van der Waals surface area (Å²) in [7, 11) is -1.32. The Morgan fingerprint density at radius 3 is 2.25 bits per heavy atom. The van der Waals surface area contributed by atoms with Gasteiger partial charge < -0.3 is 15.2 Å². The summed E-state index contributed by atoms with van der Waals surface area (Å²) in [5, 5.41) is 12.6. The van der Waals surface area contributed by atoms with Crippen LogP contribution in [0.15, 0.2) is 0 Å². The van der Waals surface area contributed by atoms with Crippen LogP contribution in [0, 0.1) is 17.8 Å². The van der Waals surface area contributed by atoms with E-state index in [0.29, 0.717) is 25.9 Å². The molecule has 0 aromatic rings. The van der Waals surface area contributed by atoms with Gasteiger partial charge in [0.15, 0.2) is 0 Å². The van der Waals surface area contributed by atoms with Crippen LogP contribution in [0.25, 0.3) is 0 Å². The second kappa shape index (κ2) is 5.71. The Labute approximate surface area is 143 Å². The molecule has 4 bridgehead atoms. The van der Waals surface area contributed by atoms with E-state index in [4.69, 9.17) is 4.74 Å². The van der Waals surface area contributed by atoms with Crippen molar-refractivity contribution in [3.8, 4) is 0 Å². The maximum absolute atomic E-state index is 14.8. The minimum Gasteiger partial charge on any atom is -0.479 e. The predicted octanol–water partition coefficient (Wildman–Crippen LogP) is 3.42. The van der Waals surface area contributed by atoms with E-state index in [1.165, 1.54) is 0 Å². The van der Waals surface area contributed by atoms with Crippen molar-refractivity contribution in [2.45, 2.75) is 69.0 Å². The molecule has 136 valence electrons. The van der Waals surface area contributed by atoms with Crippen LogP contribution >= 0.6 is 0 Å². The van der Waals surface area contributed by atoms with Gasteiger partial charge in [-0.15, -0.1) is 0 Å². The van der Waals surface area contributed by atoms with Gasteiger partial charge in [-0.3, -0.25) is 0 Å². The van der Waals surface area contributed by atoms with Gasteiger partial charge in [-0.25, -0.2) is 14.0 Å². The number of carboxylic acid groups (broad SMARTS) is 1. The van der Waals surface area contributed by atoms with Gasteiger partial charge >= 0.3 is 12.1 Å². The Morgan fingerprint density at radius 2 is 1.79 bits per heavy atom. The quantitative estimate of drug-likeness (QED) is 0.739. The Hall–Kier alpha value is -1.11. The molecule has 0 aromatic heterocycles. The second-order valence-electron chi connectivity index (χ2n) is 9.24. The first-order valence-electron chi connectivity index (χ1n) is 8.91. The molecule has 7 heteroatoms. The minimum atomic E-state index is -1.36. The number of aliphatic carboxylic acids is 1. The van der Waals surface area contributed by atoms with Crippen LogP contribution in [-0.4, -0.2) is 43.1 Å². The number of alkyl carbamates (subject to hydrolysis) is 1. The Bertz CT molecular complexity index is 531. The first-order valence-corrected chi connectivity index (χ1v) is 12.6. The third-order valence-electron chi connectivity index (χ3n) is 6.15. The molecule has 4 rings (SSSR count). The lowest BCUT2D eigenvalue weighted by Crippen LogP contribution is -2.72. The van der Waals surface area contributed by atoms with E-state index in [1.807, 2.05) is 0 Å². The summed E-state index contributed by atoms with van der Waals surface area (Å²) in [4.78, 5) is 24.3. The van der Waals surface area contributed by atoms with Crippen LogP contribution in [0.5, 0.6) is 0 Å². The number of rotatable bonds is 5. The fourth-order valence-corrected chi connectivity index (χ4v) is 5.89. The van der Waals surface area contributed by atoms with E-state index in [9.17, 15) is 19.1 Å². The van der Waals surface area contributed by atoms with Gasteiger partial charge in [-0.05, 0) is 55.9 Å². The van der Waals surface area contributed by atoms with Gasteiger partial charge in [0, 0.05) is 8.07 Å². The van der Waals surface area contributed by atoms with Crippen LogP contribution in [-0.2, 0) is 9.53 Å². The van der Waals surface area contributed by atoms with Gasteiger partial charge in [0.25, 0.3) is 0 Å². The lowest BCUT2D eigenvalue weighted by Gasteiger charge is -2.60. The third-order valence-corrected chi connectivity index (χ3v) is 7.85. The van der Waals surface area contributed by atoms with E-state index in [-0.39, 0.29) is 30.6 Å². The average molecular weight is 357 g/mol. The van der Waals surface area contributed by atoms with Crippen molar-refractivity contribution in [2.75, 3.05) is 6.61 Å². The standard InChI is InChI=1S/C17H28FNO4Si/c1-24(2,3)5-4-23-15(22)19-17(14(20)21)12-6-11-7-13(17)10-16(18,8-11)9-12/h11-13H,4-10H2,1-3H3,(H,19,22)(H,20,21)/t11?,12-,13+,16-,17-. The SMILES string of the molecule is C[Si](C)(C)CCOC(=O)N[C@]1(C(=O)O)[C@@H]2CC3C[C@H]1C[C@@](F)(C3)C2. The zero-order valence-electron chi connectivity index (χ0n) is 14.7. The van der Waals surface area contributed by atoms with Gasteiger partial charge in [-0.2, -0.15) is 0 Å². The average Bonchev–Trinajstić information content (AvgIpc) is 2.39. The first-order chi connectivity index (χ1) is 11.0. The Morgan fingerprint density at radius 1 is 1.21 bits per heavy atom. The van der Waals surface area contributed by atoms with E-state index in [0.717, 1.165) is 6.04 Å². The van der Waals surface area contributed by atoms with E-state index < -0.39 is 31.3 Å². The number of carboxylic acids is 1. The number of alkyl halides is 1. The van der Waals surface area contributed by atoms with Crippen molar-refractivity contribution in [1.82, 2.24) is 5.32 Å². The second-order valence-corrected chi connectivity index (χ2v) is 14.9. The summed E-state index contributed by atoms with van der Waals surface area (Å²) in [5.74, 6) is -1.46. The number of hydrogen-bond acceptors (Lipinski definition) is 3. The Kier molecular flexibility index (Phi) is 4.21. The molecule has 0 heterocycles. The van der Waals surface area contributed by atoms with Crippen LogP contribution in [0.2, 0.25) is 25.7 Å². The summed E-state index contributed by atoms with van der Waals surface area (Å²) >= 11 is 0. The molecule has 0 saturated heterocycles. The highest BCUT2D eigenvalue weighted by Gasteiger charge is 2.66. The van der Waals surface area contributed by atoms with Gasteiger partial charge in [0.2, 0.25) is 0 Å². The summed E-state index contributed by atoms with van der Waals surface area (Å²) in [5.41, 5.74) is -2.60. The molecule has 0 aliphatic heterocycles. The van der Waals surface area contributed by atoms with Crippen LogP contribution in [0.4, 0.5) is 9.18 Å². The van der Waals surface area contributed by atoms with Crippen LogP contribution in [0.1, 0.15) is 32.1 Å². The fraction of sp³-hybridized carbons (Fsp3) is 0.882. The molecule has 1 unspecified atom stereocenters. The molecule has 4 aliphatic rings. The summed E-state index contributed by atoms with van der Waals surface area (Å²) in [6.45, 7) is 6.87. The van der Waals surface area contributed by atoms with Gasteiger partial charge in [0.1, 0.15) is 11.2 Å². The zero-order valence-corrected chi connectivity index (χ0v) is 15.7. The Balaban J connectivity index is 1.71. The summed E-state index contributed by atoms with van der Waals surface area (Å²) in [6, 6.07) is 0.836. The normalized spacial score (nSPS) is 40.4. The zero-order chi connectivity index (χ0) is 17.8. The van der Waals surface area contributed by atoms with Crippen molar-refractivity contribution < 1.29 is 23.8 Å². The molecular weight excluding hydrogens is 329 g/mol. The lowest BCUT2D eigenvalue weighted by molar-refractivity contribution is -0.175. The highest BCUT2D eigenvalue weighted by atomic mass is 28.3. The van der Waals surface area contributed by atoms with Gasteiger partial charge in [-0.1, -0.05) is 19.6 Å². The van der Waals surface area contributed by atoms with Crippen LogP contribution < -0.4 is 5.32 Å². The molecular formula is C17H28FNO4Si. The van der Waals surface area contributed by atoms with E-state index in [2.05, 4.69) is 25.0 Å². The maximum Gasteiger partial charge on any atom is 0.408 e. The highest BCUT2D eigenvalue weighted by Crippen LogP contribution is 2.61. The summed E-state index contributed by atoms with van der Waals surface area (Å²) < 4.78 is 20.1. The number of carbonyl (C=O) groups excluding carboxylic acids is 1. The van der Waals surface area contributed by atoms with E-state index in [1.54, 1.807) is 0 Å². The number of carbonyl (C=O) groups is 2. The maximum atomic E-state index is 14.8. The van der Waals surface area contributed by atoms with Gasteiger partial charge in [0.05, 0.1) is 6.61 Å². The van der Waals surface area contributed by atoms with E-state index >= 15 is 0 Å². The molecule has 0 radical (unpaired) electrons. The number of amides is 1. The fourth-order valence-electron chi connectivity index (χ4n) is 5.17. The molecule has 1 amide bonds. The van der Waals surface area contributed by atoms with Crippen molar-refractivity contribution in [3.05, 3.63) is 0 Å². The molecule has 4 saturated carbocycles. The van der Waals surface area contributed by atoms with Crippen molar-refractivity contribution in [2.24, 2.45) is 17.8 Å². The number of hydrogen-bond donors (Lipinski definition) is 2. The molecule has 0 spiro atoms. The van der Waals surface area contributed by atoms with Crippen molar-refractivity contribution in [1.29, 1.82) is 0 Å². The monoisotopic (exact) mass is 357 g/mol. The molecule has 4 fully saturated rings. The van der Waals surface area contributed by atoms with Crippen molar-refractivity contribution in [3.63, 3.8) is 0 Å². The molecule has 5 atom stereocenters. The third kappa shape index (κ3) is 3.07. The number of ether oxygens (including phenoxy) is 1. The largest absolute Gasteiger partial charge is 0.479 e. The molecule has 24 heavy (non-hydrogen) atoms. The van der Waals surface area contributed by atoms with Crippen LogP contribution in [0.3, 0.4) is 0 Å². The summed E-state index contributed by atoms with van der Waals surface area (Å²) in [6.07, 6.45) is 1.73.